The second-order valence-electron chi connectivity index (χ2n) is 5.19. The summed E-state index contributed by atoms with van der Waals surface area (Å²) in [4.78, 5) is 12.0. The van der Waals surface area contributed by atoms with Crippen molar-refractivity contribution in [2.24, 2.45) is 0 Å². The van der Waals surface area contributed by atoms with Crippen LogP contribution in [0.4, 0.5) is 5.69 Å². The maximum absolute atomic E-state index is 12.0. The third-order valence-corrected chi connectivity index (χ3v) is 3.53. The molecule has 3 rings (SSSR count). The molecule has 0 saturated heterocycles. The highest BCUT2D eigenvalue weighted by atomic mass is 16.7. The summed E-state index contributed by atoms with van der Waals surface area (Å²) in [6.45, 7) is 2.83. The first kappa shape index (κ1) is 15.2. The normalized spacial score (nSPS) is 12.0. The fourth-order valence-electron chi connectivity index (χ4n) is 2.37. The Morgan fingerprint density at radius 2 is 1.91 bits per heavy atom. The van der Waals surface area contributed by atoms with E-state index in [0.717, 1.165) is 11.3 Å². The van der Waals surface area contributed by atoms with Crippen molar-refractivity contribution in [3.8, 4) is 17.2 Å². The van der Waals surface area contributed by atoms with Gasteiger partial charge in [-0.1, -0.05) is 12.1 Å². The molecule has 120 valence electrons. The van der Waals surface area contributed by atoms with Crippen molar-refractivity contribution in [2.75, 3.05) is 18.7 Å². The number of aryl methyl sites for hydroxylation is 1. The molecule has 2 aromatic rings. The molecule has 2 aromatic carbocycles. The molecule has 0 aliphatic carbocycles. The lowest BCUT2D eigenvalue weighted by Gasteiger charge is -2.07. The molecule has 0 unspecified atom stereocenters. The van der Waals surface area contributed by atoms with Crippen molar-refractivity contribution in [2.45, 2.75) is 19.8 Å². The van der Waals surface area contributed by atoms with Gasteiger partial charge in [-0.2, -0.15) is 0 Å². The second-order valence-corrected chi connectivity index (χ2v) is 5.19. The summed E-state index contributed by atoms with van der Waals surface area (Å²) in [7, 11) is 0. The topological polar surface area (TPSA) is 56.8 Å². The first-order valence-electron chi connectivity index (χ1n) is 7.66. The molecule has 0 atom stereocenters. The van der Waals surface area contributed by atoms with Crippen LogP contribution in [0.5, 0.6) is 17.2 Å². The minimum atomic E-state index is -0.0299. The standard InChI is InChI=1S/C18H19NO4/c1-2-21-15-7-3-13(4-8-15)5-10-18(20)19-14-6-9-16-17(11-14)23-12-22-16/h3-4,6-9,11H,2,5,10,12H2,1H3,(H,19,20). The fourth-order valence-corrected chi connectivity index (χ4v) is 2.37. The summed E-state index contributed by atoms with van der Waals surface area (Å²) in [5, 5.41) is 2.87. The van der Waals surface area contributed by atoms with Gasteiger partial charge >= 0.3 is 0 Å². The quantitative estimate of drug-likeness (QED) is 0.888. The molecule has 0 radical (unpaired) electrons. The smallest absolute Gasteiger partial charge is 0.231 e. The van der Waals surface area contributed by atoms with E-state index in [0.29, 0.717) is 36.6 Å². The van der Waals surface area contributed by atoms with Crippen LogP contribution < -0.4 is 19.5 Å². The van der Waals surface area contributed by atoms with Crippen LogP contribution in [0.15, 0.2) is 42.5 Å². The van der Waals surface area contributed by atoms with Crippen molar-refractivity contribution in [3.05, 3.63) is 48.0 Å². The summed E-state index contributed by atoms with van der Waals surface area (Å²) < 4.78 is 15.9. The minimum absolute atomic E-state index is 0.0299. The number of benzene rings is 2. The number of anilines is 1. The maximum atomic E-state index is 12.0. The minimum Gasteiger partial charge on any atom is -0.494 e. The fraction of sp³-hybridized carbons (Fsp3) is 0.278. The number of ether oxygens (including phenoxy) is 3. The number of nitrogens with one attached hydrogen (secondary N) is 1. The Kier molecular flexibility index (Phi) is 4.66. The van der Waals surface area contributed by atoms with Crippen LogP contribution in [0.2, 0.25) is 0 Å². The zero-order valence-corrected chi connectivity index (χ0v) is 13.0. The summed E-state index contributed by atoms with van der Waals surface area (Å²) in [6, 6.07) is 13.2. The van der Waals surface area contributed by atoms with Crippen LogP contribution in [0.1, 0.15) is 18.9 Å². The van der Waals surface area contributed by atoms with Gasteiger partial charge in [0.1, 0.15) is 5.75 Å². The molecule has 1 amide bonds. The lowest BCUT2D eigenvalue weighted by atomic mass is 10.1. The number of hydrogen-bond donors (Lipinski definition) is 1. The summed E-state index contributed by atoms with van der Waals surface area (Å²) >= 11 is 0. The third kappa shape index (κ3) is 3.94. The second kappa shape index (κ2) is 7.05. The number of hydrogen-bond acceptors (Lipinski definition) is 4. The first-order chi connectivity index (χ1) is 11.2. The molecule has 5 nitrogen and oxygen atoms in total. The predicted molar refractivity (Wildman–Crippen MR) is 87.1 cm³/mol. The van der Waals surface area contributed by atoms with Gasteiger partial charge in [0.05, 0.1) is 6.61 Å². The number of carbonyl (C=O) groups is 1. The molecule has 0 aromatic heterocycles. The Balaban J connectivity index is 1.51. The third-order valence-electron chi connectivity index (χ3n) is 3.53. The molecule has 23 heavy (non-hydrogen) atoms. The Bertz CT molecular complexity index is 682. The molecule has 1 heterocycles. The zero-order valence-electron chi connectivity index (χ0n) is 13.0. The van der Waals surface area contributed by atoms with Crippen LogP contribution in [-0.2, 0) is 11.2 Å². The van der Waals surface area contributed by atoms with Crippen molar-refractivity contribution >= 4 is 11.6 Å². The van der Waals surface area contributed by atoms with Gasteiger partial charge in [-0.05, 0) is 43.2 Å². The van der Waals surface area contributed by atoms with Gasteiger partial charge in [0, 0.05) is 18.2 Å². The van der Waals surface area contributed by atoms with Crippen molar-refractivity contribution in [1.29, 1.82) is 0 Å². The monoisotopic (exact) mass is 313 g/mol. The number of fused-ring (bicyclic) bond motifs is 1. The van der Waals surface area contributed by atoms with Crippen LogP contribution in [0.25, 0.3) is 0 Å². The van der Waals surface area contributed by atoms with Crippen molar-refractivity contribution in [1.82, 2.24) is 0 Å². The van der Waals surface area contributed by atoms with Gasteiger partial charge < -0.3 is 19.5 Å². The molecule has 0 bridgehead atoms. The van der Waals surface area contributed by atoms with Gasteiger partial charge in [0.25, 0.3) is 0 Å². The molecule has 1 aliphatic rings. The van der Waals surface area contributed by atoms with E-state index in [1.807, 2.05) is 37.3 Å². The highest BCUT2D eigenvalue weighted by Gasteiger charge is 2.14. The van der Waals surface area contributed by atoms with E-state index in [1.54, 1.807) is 12.1 Å². The lowest BCUT2D eigenvalue weighted by Crippen LogP contribution is -2.12. The summed E-state index contributed by atoms with van der Waals surface area (Å²) in [5.41, 5.74) is 1.82. The van der Waals surface area contributed by atoms with Crippen LogP contribution >= 0.6 is 0 Å². The van der Waals surface area contributed by atoms with Gasteiger partial charge in [-0.15, -0.1) is 0 Å². The Morgan fingerprint density at radius 1 is 1.13 bits per heavy atom. The Morgan fingerprint density at radius 3 is 2.70 bits per heavy atom. The average molecular weight is 313 g/mol. The van der Waals surface area contributed by atoms with Crippen LogP contribution in [-0.4, -0.2) is 19.3 Å². The summed E-state index contributed by atoms with van der Waals surface area (Å²) in [6.07, 6.45) is 1.10. The van der Waals surface area contributed by atoms with Crippen LogP contribution in [0, 0.1) is 0 Å². The Labute approximate surface area is 135 Å². The largest absolute Gasteiger partial charge is 0.494 e. The molecular formula is C18H19NO4. The Hall–Kier alpha value is -2.69. The molecule has 0 saturated carbocycles. The van der Waals surface area contributed by atoms with Gasteiger partial charge in [-0.3, -0.25) is 4.79 Å². The van der Waals surface area contributed by atoms with E-state index < -0.39 is 0 Å². The molecule has 5 heteroatoms. The first-order valence-corrected chi connectivity index (χ1v) is 7.66. The van der Waals surface area contributed by atoms with E-state index in [2.05, 4.69) is 5.32 Å². The van der Waals surface area contributed by atoms with E-state index >= 15 is 0 Å². The highest BCUT2D eigenvalue weighted by molar-refractivity contribution is 5.91. The molecule has 0 spiro atoms. The predicted octanol–water partition coefficient (Wildman–Crippen LogP) is 3.39. The number of rotatable bonds is 6. The zero-order chi connectivity index (χ0) is 16.1. The van der Waals surface area contributed by atoms with Crippen molar-refractivity contribution < 1.29 is 19.0 Å². The number of amides is 1. The van der Waals surface area contributed by atoms with E-state index in [9.17, 15) is 4.79 Å². The van der Waals surface area contributed by atoms with E-state index in [4.69, 9.17) is 14.2 Å². The van der Waals surface area contributed by atoms with Gasteiger partial charge in [-0.25, -0.2) is 0 Å². The summed E-state index contributed by atoms with van der Waals surface area (Å²) in [5.74, 6) is 2.19. The van der Waals surface area contributed by atoms with Crippen LogP contribution in [0.3, 0.4) is 0 Å². The molecule has 1 N–H and O–H groups in total. The van der Waals surface area contributed by atoms with Gasteiger partial charge in [0.2, 0.25) is 12.7 Å². The van der Waals surface area contributed by atoms with E-state index in [1.165, 1.54) is 0 Å². The lowest BCUT2D eigenvalue weighted by molar-refractivity contribution is -0.116. The molecule has 1 aliphatic heterocycles. The van der Waals surface area contributed by atoms with Gasteiger partial charge in [0.15, 0.2) is 11.5 Å². The molecular weight excluding hydrogens is 294 g/mol. The highest BCUT2D eigenvalue weighted by Crippen LogP contribution is 2.34. The van der Waals surface area contributed by atoms with Crippen molar-refractivity contribution in [3.63, 3.8) is 0 Å². The molecule has 0 fully saturated rings. The maximum Gasteiger partial charge on any atom is 0.231 e. The average Bonchev–Trinajstić information content (AvgIpc) is 3.02. The SMILES string of the molecule is CCOc1ccc(CCC(=O)Nc2ccc3c(c2)OCO3)cc1. The van der Waals surface area contributed by atoms with E-state index in [-0.39, 0.29) is 12.7 Å². The number of carbonyl (C=O) groups excluding carboxylic acids is 1.